The average molecular weight is 327 g/mol. The molecule has 2 aromatic rings. The number of anilines is 1. The summed E-state index contributed by atoms with van der Waals surface area (Å²) in [6.45, 7) is 7.51. The Labute approximate surface area is 140 Å². The summed E-state index contributed by atoms with van der Waals surface area (Å²) in [5, 5.41) is 7.78. The molecule has 0 spiro atoms. The van der Waals surface area contributed by atoms with Gasteiger partial charge < -0.3 is 9.80 Å². The number of likely N-dealkylation sites (tertiary alicyclic amines) is 1. The fraction of sp³-hybridized carbons (Fsp3) is 0.562. The summed E-state index contributed by atoms with van der Waals surface area (Å²) < 4.78 is 1.56. The molecule has 2 aliphatic rings. The monoisotopic (exact) mass is 327 g/mol. The van der Waals surface area contributed by atoms with E-state index in [1.807, 2.05) is 11.8 Å². The molecule has 8 heteroatoms. The van der Waals surface area contributed by atoms with Crippen molar-refractivity contribution >= 4 is 11.7 Å². The normalized spacial score (nSPS) is 23.0. The van der Waals surface area contributed by atoms with Gasteiger partial charge in [-0.3, -0.25) is 9.48 Å². The van der Waals surface area contributed by atoms with Gasteiger partial charge in [-0.15, -0.1) is 5.10 Å². The maximum atomic E-state index is 12.5. The molecule has 4 heterocycles. The SMILES string of the molecule is Cc1ncnc(N2CC3CN(C(=O)c4cn(C)nn4)CC3C2)c1C. The second-order valence-corrected chi connectivity index (χ2v) is 6.82. The number of hydrogen-bond donors (Lipinski definition) is 0. The minimum Gasteiger partial charge on any atom is -0.356 e. The largest absolute Gasteiger partial charge is 0.356 e. The van der Waals surface area contributed by atoms with Crippen molar-refractivity contribution in [2.75, 3.05) is 31.1 Å². The first-order valence-corrected chi connectivity index (χ1v) is 8.21. The predicted octanol–water partition coefficient (Wildman–Crippen LogP) is 0.430. The van der Waals surface area contributed by atoms with Gasteiger partial charge in [0.2, 0.25) is 0 Å². The summed E-state index contributed by atoms with van der Waals surface area (Å²) in [5.74, 6) is 1.99. The first-order chi connectivity index (χ1) is 11.5. The van der Waals surface area contributed by atoms with Crippen molar-refractivity contribution in [3.05, 3.63) is 29.5 Å². The van der Waals surface area contributed by atoms with Gasteiger partial charge in [-0.25, -0.2) is 9.97 Å². The maximum Gasteiger partial charge on any atom is 0.276 e. The molecule has 0 radical (unpaired) electrons. The summed E-state index contributed by atoms with van der Waals surface area (Å²) in [6.07, 6.45) is 3.31. The van der Waals surface area contributed by atoms with E-state index in [4.69, 9.17) is 0 Å². The molecule has 2 fully saturated rings. The fourth-order valence-electron chi connectivity index (χ4n) is 3.78. The third-order valence-electron chi connectivity index (χ3n) is 5.20. The summed E-state index contributed by atoms with van der Waals surface area (Å²) in [5.41, 5.74) is 2.60. The number of rotatable bonds is 2. The second-order valence-electron chi connectivity index (χ2n) is 6.82. The Hall–Kier alpha value is -2.51. The van der Waals surface area contributed by atoms with Crippen LogP contribution in [0, 0.1) is 25.7 Å². The third-order valence-corrected chi connectivity index (χ3v) is 5.20. The first kappa shape index (κ1) is 15.0. The Balaban J connectivity index is 1.45. The molecule has 1 amide bonds. The number of aromatic nitrogens is 5. The topological polar surface area (TPSA) is 80.0 Å². The van der Waals surface area contributed by atoms with Gasteiger partial charge in [0.1, 0.15) is 12.1 Å². The van der Waals surface area contributed by atoms with Crippen LogP contribution in [0.4, 0.5) is 5.82 Å². The van der Waals surface area contributed by atoms with E-state index >= 15 is 0 Å². The van der Waals surface area contributed by atoms with Crippen molar-refractivity contribution in [3.8, 4) is 0 Å². The number of nitrogens with zero attached hydrogens (tertiary/aromatic N) is 7. The van der Waals surface area contributed by atoms with Gasteiger partial charge in [0, 0.05) is 56.3 Å². The Bertz CT molecular complexity index is 772. The van der Waals surface area contributed by atoms with Crippen LogP contribution < -0.4 is 4.90 Å². The van der Waals surface area contributed by atoms with E-state index in [1.165, 1.54) is 0 Å². The number of hydrogen-bond acceptors (Lipinski definition) is 6. The quantitative estimate of drug-likeness (QED) is 0.796. The van der Waals surface area contributed by atoms with Crippen LogP contribution >= 0.6 is 0 Å². The van der Waals surface area contributed by atoms with Crippen LogP contribution in [0.3, 0.4) is 0 Å². The van der Waals surface area contributed by atoms with E-state index < -0.39 is 0 Å². The van der Waals surface area contributed by atoms with Crippen molar-refractivity contribution in [1.82, 2.24) is 29.9 Å². The molecule has 8 nitrogen and oxygen atoms in total. The fourth-order valence-corrected chi connectivity index (χ4v) is 3.78. The highest BCUT2D eigenvalue weighted by molar-refractivity contribution is 5.92. The summed E-state index contributed by atoms with van der Waals surface area (Å²) in [7, 11) is 1.77. The second kappa shape index (κ2) is 5.54. The van der Waals surface area contributed by atoms with Gasteiger partial charge in [-0.05, 0) is 13.8 Å². The summed E-state index contributed by atoms with van der Waals surface area (Å²) >= 11 is 0. The number of amides is 1. The van der Waals surface area contributed by atoms with Gasteiger partial charge in [-0.1, -0.05) is 5.21 Å². The molecule has 126 valence electrons. The van der Waals surface area contributed by atoms with Gasteiger partial charge >= 0.3 is 0 Å². The van der Waals surface area contributed by atoms with Crippen LogP contribution in [-0.4, -0.2) is 61.9 Å². The Morgan fingerprint density at radius 1 is 1.12 bits per heavy atom. The molecule has 2 saturated heterocycles. The maximum absolute atomic E-state index is 12.5. The van der Waals surface area contributed by atoms with E-state index in [0.717, 1.165) is 43.3 Å². The number of fused-ring (bicyclic) bond motifs is 1. The minimum absolute atomic E-state index is 0.0156. The molecule has 2 aliphatic heterocycles. The molecule has 0 aromatic carbocycles. The van der Waals surface area contributed by atoms with Crippen molar-refractivity contribution in [1.29, 1.82) is 0 Å². The number of carbonyl (C=O) groups is 1. The molecule has 2 unspecified atom stereocenters. The van der Waals surface area contributed by atoms with Crippen LogP contribution in [0.15, 0.2) is 12.5 Å². The van der Waals surface area contributed by atoms with Gasteiger partial charge in [0.25, 0.3) is 5.91 Å². The summed E-state index contributed by atoms with van der Waals surface area (Å²) in [4.78, 5) is 25.5. The van der Waals surface area contributed by atoms with Crippen LogP contribution in [0.1, 0.15) is 21.7 Å². The molecule has 0 bridgehead atoms. The molecular formula is C16H21N7O. The third kappa shape index (κ3) is 2.42. The van der Waals surface area contributed by atoms with Crippen molar-refractivity contribution in [3.63, 3.8) is 0 Å². The average Bonchev–Trinajstić information content (AvgIpc) is 3.23. The lowest BCUT2D eigenvalue weighted by Gasteiger charge is -2.23. The molecular weight excluding hydrogens is 306 g/mol. The standard InChI is InChI=1S/C16H21N7O/c1-10-11(2)17-9-18-15(10)22-4-12-6-23(7-13(12)5-22)16(24)14-8-21(3)20-19-14/h8-9,12-13H,4-7H2,1-3H3. The summed E-state index contributed by atoms with van der Waals surface area (Å²) in [6, 6.07) is 0. The van der Waals surface area contributed by atoms with Crippen LogP contribution in [0.25, 0.3) is 0 Å². The van der Waals surface area contributed by atoms with E-state index in [-0.39, 0.29) is 5.91 Å². The zero-order chi connectivity index (χ0) is 16.8. The Kier molecular flexibility index (Phi) is 3.47. The van der Waals surface area contributed by atoms with Gasteiger partial charge in [0.05, 0.1) is 6.20 Å². The molecule has 4 rings (SSSR count). The van der Waals surface area contributed by atoms with Crippen LogP contribution in [-0.2, 0) is 7.05 Å². The zero-order valence-corrected chi connectivity index (χ0v) is 14.2. The lowest BCUT2D eigenvalue weighted by molar-refractivity contribution is 0.0776. The van der Waals surface area contributed by atoms with E-state index in [0.29, 0.717) is 17.5 Å². The predicted molar refractivity (Wildman–Crippen MR) is 87.6 cm³/mol. The van der Waals surface area contributed by atoms with Crippen molar-refractivity contribution < 1.29 is 4.79 Å². The molecule has 0 N–H and O–H groups in total. The Morgan fingerprint density at radius 2 is 1.83 bits per heavy atom. The van der Waals surface area contributed by atoms with Crippen molar-refractivity contribution in [2.24, 2.45) is 18.9 Å². The highest BCUT2D eigenvalue weighted by Crippen LogP contribution is 2.34. The number of aryl methyl sites for hydroxylation is 2. The molecule has 0 saturated carbocycles. The zero-order valence-electron chi connectivity index (χ0n) is 14.2. The van der Waals surface area contributed by atoms with Crippen LogP contribution in [0.2, 0.25) is 0 Å². The van der Waals surface area contributed by atoms with Crippen molar-refractivity contribution in [2.45, 2.75) is 13.8 Å². The van der Waals surface area contributed by atoms with Gasteiger partial charge in [-0.2, -0.15) is 0 Å². The highest BCUT2D eigenvalue weighted by Gasteiger charge is 2.42. The first-order valence-electron chi connectivity index (χ1n) is 8.21. The Morgan fingerprint density at radius 3 is 2.46 bits per heavy atom. The van der Waals surface area contributed by atoms with E-state index in [9.17, 15) is 4.79 Å². The molecule has 2 atom stereocenters. The molecule has 24 heavy (non-hydrogen) atoms. The van der Waals surface area contributed by atoms with E-state index in [2.05, 4.69) is 32.1 Å². The number of carbonyl (C=O) groups excluding carboxylic acids is 1. The van der Waals surface area contributed by atoms with Gasteiger partial charge in [0.15, 0.2) is 5.69 Å². The lowest BCUT2D eigenvalue weighted by atomic mass is 10.0. The van der Waals surface area contributed by atoms with Crippen LogP contribution in [0.5, 0.6) is 0 Å². The highest BCUT2D eigenvalue weighted by atomic mass is 16.2. The molecule has 0 aliphatic carbocycles. The van der Waals surface area contributed by atoms with E-state index in [1.54, 1.807) is 24.3 Å². The lowest BCUT2D eigenvalue weighted by Crippen LogP contribution is -2.34. The minimum atomic E-state index is -0.0156. The molecule has 2 aromatic heterocycles. The smallest absolute Gasteiger partial charge is 0.276 e.